The fourth-order valence-corrected chi connectivity index (χ4v) is 4.34. The Morgan fingerprint density at radius 2 is 1.72 bits per heavy atom. The van der Waals surface area contributed by atoms with Gasteiger partial charge < -0.3 is 14.6 Å². The summed E-state index contributed by atoms with van der Waals surface area (Å²) in [6, 6.07) is 8.14. The van der Waals surface area contributed by atoms with Gasteiger partial charge in [0.15, 0.2) is 17.4 Å². The molecule has 0 bridgehead atoms. The molecule has 0 aromatic heterocycles. The van der Waals surface area contributed by atoms with Crippen LogP contribution in [-0.2, 0) is 20.7 Å². The number of ether oxygens (including phenoxy) is 2. The highest BCUT2D eigenvalue weighted by Gasteiger charge is 2.35. The summed E-state index contributed by atoms with van der Waals surface area (Å²) in [7, 11) is 0. The minimum Gasteiger partial charge on any atom is -0.506 e. The molecule has 1 aliphatic carbocycles. The van der Waals surface area contributed by atoms with Gasteiger partial charge >= 0.3 is 0 Å². The molecule has 0 unspecified atom stereocenters. The number of benzene rings is 2. The van der Waals surface area contributed by atoms with E-state index < -0.39 is 5.79 Å². The number of halogens is 1. The molecule has 2 aromatic rings. The van der Waals surface area contributed by atoms with E-state index in [0.717, 1.165) is 0 Å². The molecule has 0 atom stereocenters. The van der Waals surface area contributed by atoms with Crippen molar-refractivity contribution in [3.05, 3.63) is 62.6 Å². The summed E-state index contributed by atoms with van der Waals surface area (Å²) < 4.78 is 11.3. The van der Waals surface area contributed by atoms with Crippen LogP contribution in [0.1, 0.15) is 57.2 Å². The summed E-state index contributed by atoms with van der Waals surface area (Å²) in [6.07, 6.45) is 0.629. The van der Waals surface area contributed by atoms with Crippen molar-refractivity contribution in [3.8, 4) is 5.75 Å². The second-order valence-corrected chi connectivity index (χ2v) is 8.16. The van der Waals surface area contributed by atoms with Gasteiger partial charge in [0.1, 0.15) is 11.5 Å². The lowest BCUT2D eigenvalue weighted by Gasteiger charge is -2.22. The average molecular weight is 459 g/mol. The van der Waals surface area contributed by atoms with Crippen LogP contribution >= 0.6 is 15.9 Å². The van der Waals surface area contributed by atoms with Gasteiger partial charge in [0, 0.05) is 23.1 Å². The molecule has 7 heteroatoms. The molecule has 29 heavy (non-hydrogen) atoms. The molecular weight excluding hydrogens is 440 g/mol. The number of fused-ring (bicyclic) bond motifs is 2. The Labute approximate surface area is 175 Å². The quantitative estimate of drug-likeness (QED) is 0.628. The summed E-state index contributed by atoms with van der Waals surface area (Å²) in [5, 5.41) is 10.6. The largest absolute Gasteiger partial charge is 0.506 e. The third-order valence-corrected chi connectivity index (χ3v) is 6.18. The highest BCUT2D eigenvalue weighted by Crippen LogP contribution is 2.40. The monoisotopic (exact) mass is 458 g/mol. The minimum atomic E-state index is -0.890. The third kappa shape index (κ3) is 3.54. The SMILES string of the molecule is CC1(CC(=O)CCc2cc3c(c(O)c2Br)C(=O)c2ccccc2C3=O)OCCO1. The van der Waals surface area contributed by atoms with Gasteiger partial charge in [0.05, 0.1) is 29.7 Å². The van der Waals surface area contributed by atoms with Crippen molar-refractivity contribution in [3.63, 3.8) is 0 Å². The maximum atomic E-state index is 12.9. The minimum absolute atomic E-state index is 0.00378. The lowest BCUT2D eigenvalue weighted by atomic mass is 9.82. The van der Waals surface area contributed by atoms with Crippen LogP contribution in [0.5, 0.6) is 5.75 Å². The summed E-state index contributed by atoms with van der Waals surface area (Å²) in [5.74, 6) is -1.91. The number of rotatable bonds is 5. The first-order chi connectivity index (χ1) is 13.8. The van der Waals surface area contributed by atoms with E-state index in [0.29, 0.717) is 35.2 Å². The predicted octanol–water partition coefficient (Wildman–Crippen LogP) is 3.58. The van der Waals surface area contributed by atoms with E-state index in [1.54, 1.807) is 37.3 Å². The van der Waals surface area contributed by atoms with Crippen molar-refractivity contribution in [2.45, 2.75) is 32.0 Å². The van der Waals surface area contributed by atoms with Crippen molar-refractivity contribution >= 4 is 33.3 Å². The second kappa shape index (κ2) is 7.48. The zero-order valence-corrected chi connectivity index (χ0v) is 17.4. The highest BCUT2D eigenvalue weighted by atomic mass is 79.9. The first-order valence-electron chi connectivity index (χ1n) is 9.33. The molecule has 6 nitrogen and oxygen atoms in total. The van der Waals surface area contributed by atoms with Crippen LogP contribution < -0.4 is 0 Å². The fraction of sp³-hybridized carbons (Fsp3) is 0.318. The lowest BCUT2D eigenvalue weighted by molar-refractivity contribution is -0.158. The van der Waals surface area contributed by atoms with Crippen molar-refractivity contribution in [2.24, 2.45) is 0 Å². The predicted molar refractivity (Wildman–Crippen MR) is 107 cm³/mol. The molecule has 0 radical (unpaired) electrons. The standard InChI is InChI=1S/C22H19BrO6/c1-22(28-8-9-29-22)11-13(24)7-6-12-10-16-17(21(27)18(12)23)20(26)15-5-3-2-4-14(15)19(16)25/h2-5,10,27H,6-9,11H2,1H3. The van der Waals surface area contributed by atoms with Gasteiger partial charge in [-0.2, -0.15) is 0 Å². The number of ketones is 3. The van der Waals surface area contributed by atoms with E-state index in [2.05, 4.69) is 15.9 Å². The van der Waals surface area contributed by atoms with Gasteiger partial charge in [-0.1, -0.05) is 24.3 Å². The summed E-state index contributed by atoms with van der Waals surface area (Å²) in [6.45, 7) is 2.66. The second-order valence-electron chi connectivity index (χ2n) is 7.37. The summed E-state index contributed by atoms with van der Waals surface area (Å²) in [5.41, 5.74) is 1.34. The van der Waals surface area contributed by atoms with Crippen LogP contribution in [-0.4, -0.2) is 41.5 Å². The van der Waals surface area contributed by atoms with E-state index in [-0.39, 0.29) is 52.6 Å². The summed E-state index contributed by atoms with van der Waals surface area (Å²) >= 11 is 3.32. The normalized spacial score (nSPS) is 17.2. The number of hydrogen-bond acceptors (Lipinski definition) is 6. The van der Waals surface area contributed by atoms with Crippen LogP contribution in [0.15, 0.2) is 34.8 Å². The van der Waals surface area contributed by atoms with Crippen molar-refractivity contribution in [1.82, 2.24) is 0 Å². The molecule has 2 aliphatic rings. The Kier molecular flexibility index (Phi) is 5.14. The maximum absolute atomic E-state index is 12.9. The zero-order chi connectivity index (χ0) is 20.8. The molecule has 0 amide bonds. The maximum Gasteiger partial charge on any atom is 0.198 e. The number of aryl methyl sites for hydroxylation is 1. The van der Waals surface area contributed by atoms with Crippen LogP contribution in [0.2, 0.25) is 0 Å². The number of carbonyl (C=O) groups is 3. The van der Waals surface area contributed by atoms with Crippen molar-refractivity contribution in [2.75, 3.05) is 13.2 Å². The molecular formula is C22H19BrO6. The van der Waals surface area contributed by atoms with Gasteiger partial charge in [-0.15, -0.1) is 0 Å². The molecule has 0 spiro atoms. The highest BCUT2D eigenvalue weighted by molar-refractivity contribution is 9.10. The number of hydrogen-bond donors (Lipinski definition) is 1. The Morgan fingerprint density at radius 1 is 1.10 bits per heavy atom. The van der Waals surface area contributed by atoms with E-state index >= 15 is 0 Å². The molecule has 1 N–H and O–H groups in total. The number of Topliss-reactive ketones (excluding diaryl/α,β-unsaturated/α-hetero) is 1. The molecule has 2 aromatic carbocycles. The van der Waals surface area contributed by atoms with Crippen LogP contribution in [0.4, 0.5) is 0 Å². The third-order valence-electron chi connectivity index (χ3n) is 5.29. The van der Waals surface area contributed by atoms with E-state index in [1.807, 2.05) is 0 Å². The van der Waals surface area contributed by atoms with Gasteiger partial charge in [0.2, 0.25) is 0 Å². The van der Waals surface area contributed by atoms with Gasteiger partial charge in [-0.3, -0.25) is 14.4 Å². The lowest BCUT2D eigenvalue weighted by Crippen LogP contribution is -2.29. The Balaban J connectivity index is 1.60. The summed E-state index contributed by atoms with van der Waals surface area (Å²) in [4.78, 5) is 38.1. The van der Waals surface area contributed by atoms with Crippen molar-refractivity contribution in [1.29, 1.82) is 0 Å². The zero-order valence-electron chi connectivity index (χ0n) is 15.8. The van der Waals surface area contributed by atoms with E-state index in [9.17, 15) is 19.5 Å². The molecule has 1 fully saturated rings. The van der Waals surface area contributed by atoms with Crippen molar-refractivity contribution < 1.29 is 29.0 Å². The topological polar surface area (TPSA) is 89.9 Å². The first kappa shape index (κ1) is 19.9. The Morgan fingerprint density at radius 3 is 2.38 bits per heavy atom. The number of aromatic hydroxyl groups is 1. The van der Waals surface area contributed by atoms with E-state index in [4.69, 9.17) is 9.47 Å². The average Bonchev–Trinajstić information content (AvgIpc) is 3.13. The molecule has 4 rings (SSSR count). The Bertz CT molecular complexity index is 1040. The number of carbonyl (C=O) groups excluding carboxylic acids is 3. The molecule has 1 aliphatic heterocycles. The first-order valence-corrected chi connectivity index (χ1v) is 10.1. The van der Waals surface area contributed by atoms with Crippen LogP contribution in [0.3, 0.4) is 0 Å². The van der Waals surface area contributed by atoms with Gasteiger partial charge in [-0.05, 0) is 40.9 Å². The molecule has 150 valence electrons. The smallest absolute Gasteiger partial charge is 0.198 e. The van der Waals surface area contributed by atoms with E-state index in [1.165, 1.54) is 0 Å². The number of phenols is 1. The fourth-order valence-electron chi connectivity index (χ4n) is 3.83. The number of phenolic OH excluding ortho intramolecular Hbond substituents is 1. The van der Waals surface area contributed by atoms with Crippen LogP contribution in [0, 0.1) is 0 Å². The van der Waals surface area contributed by atoms with Gasteiger partial charge in [0.25, 0.3) is 0 Å². The molecule has 0 saturated carbocycles. The Hall–Kier alpha value is -2.35. The molecule has 1 heterocycles. The van der Waals surface area contributed by atoms with Gasteiger partial charge in [-0.25, -0.2) is 0 Å². The molecule has 1 saturated heterocycles. The van der Waals surface area contributed by atoms with Crippen LogP contribution in [0.25, 0.3) is 0 Å².